The first kappa shape index (κ1) is 37.3. The van der Waals surface area contributed by atoms with E-state index in [2.05, 4.69) is 235 Å². The number of furan rings is 1. The third-order valence-electron chi connectivity index (χ3n) is 12.6. The summed E-state index contributed by atoms with van der Waals surface area (Å²) in [4.78, 5) is 2.37. The van der Waals surface area contributed by atoms with E-state index in [9.17, 15) is 0 Å². The molecule has 0 atom stereocenters. The molecule has 12 aromatic rings. The second-order valence-electron chi connectivity index (χ2n) is 16.5. The Bertz CT molecular complexity index is 3610. The van der Waals surface area contributed by atoms with Crippen LogP contribution in [0.5, 0.6) is 0 Å². The van der Waals surface area contributed by atoms with E-state index in [-0.39, 0.29) is 0 Å². The molecule has 0 bridgehead atoms. The molecule has 0 saturated carbocycles. The summed E-state index contributed by atoms with van der Waals surface area (Å²) in [5, 5.41) is 8.52. The Morgan fingerprint density at radius 3 is 1.48 bits per heavy atom. The maximum Gasteiger partial charge on any atom is 0.135 e. The van der Waals surface area contributed by atoms with Gasteiger partial charge >= 0.3 is 0 Å². The Morgan fingerprint density at radius 1 is 0.250 bits per heavy atom. The van der Waals surface area contributed by atoms with Crippen molar-refractivity contribution in [3.63, 3.8) is 0 Å². The zero-order valence-corrected chi connectivity index (χ0v) is 35.0. The number of anilines is 3. The first-order valence-electron chi connectivity index (χ1n) is 21.9. The molecule has 1 heterocycles. The van der Waals surface area contributed by atoms with E-state index >= 15 is 0 Å². The summed E-state index contributed by atoms with van der Waals surface area (Å²) < 4.78 is 6.23. The molecule has 1 aromatic heterocycles. The van der Waals surface area contributed by atoms with Crippen molar-refractivity contribution in [1.29, 1.82) is 0 Å². The molecule has 11 aromatic carbocycles. The molecule has 0 N–H and O–H groups in total. The average Bonchev–Trinajstić information content (AvgIpc) is 3.82. The van der Waals surface area contributed by atoms with E-state index < -0.39 is 0 Å². The number of benzene rings is 11. The highest BCUT2D eigenvalue weighted by atomic mass is 16.3. The maximum absolute atomic E-state index is 6.23. The summed E-state index contributed by atoms with van der Waals surface area (Å²) in [6.07, 6.45) is 0. The lowest BCUT2D eigenvalue weighted by Crippen LogP contribution is -2.09. The zero-order valence-electron chi connectivity index (χ0n) is 35.0. The van der Waals surface area contributed by atoms with Crippen molar-refractivity contribution in [1.82, 2.24) is 0 Å². The predicted octanol–water partition coefficient (Wildman–Crippen LogP) is 17.7. The van der Waals surface area contributed by atoms with Crippen LogP contribution in [0.1, 0.15) is 0 Å². The molecule has 0 unspecified atom stereocenters. The minimum Gasteiger partial charge on any atom is -0.456 e. The van der Waals surface area contributed by atoms with Gasteiger partial charge in [0, 0.05) is 28.0 Å². The zero-order chi connectivity index (χ0) is 42.4. The van der Waals surface area contributed by atoms with E-state index in [1.165, 1.54) is 71.3 Å². The molecule has 0 amide bonds. The van der Waals surface area contributed by atoms with Crippen LogP contribution in [0.4, 0.5) is 17.1 Å². The number of hydrogen-bond donors (Lipinski definition) is 0. The highest BCUT2D eigenvalue weighted by Crippen LogP contribution is 2.41. The van der Waals surface area contributed by atoms with Gasteiger partial charge in [-0.1, -0.05) is 182 Å². The SMILES string of the molecule is c1ccc(-c2ccc(-c3ccc(N(c4ccc(-c5cc6ccccc6c6ccccc56)cc4)c4ccc5cc(-c6cccc(-c7cc8ccccc8o7)c6)ccc5c4)cc3)cc2)cc1. The van der Waals surface area contributed by atoms with Gasteiger partial charge in [0.1, 0.15) is 11.3 Å². The standard InChI is InChI=1S/C62H41NO/c1-2-11-42(12-3-1)43-21-23-44(24-22-43)45-27-32-54(33-28-45)63(55-34-29-46(30-35-55)60-40-51-13-4-6-17-57(51)58-18-7-8-19-59(58)60)56-36-31-49-37-48(25-26-50(49)39-56)47-15-10-16-52(38-47)62-41-53-14-5-9-20-61(53)64-62/h1-41H. The molecule has 12 rings (SSSR count). The quantitative estimate of drug-likeness (QED) is 0.142. The summed E-state index contributed by atoms with van der Waals surface area (Å²) in [6, 6.07) is 89.7. The molecule has 0 aliphatic carbocycles. The topological polar surface area (TPSA) is 16.4 Å². The van der Waals surface area contributed by atoms with Gasteiger partial charge in [-0.05, 0) is 144 Å². The van der Waals surface area contributed by atoms with Crippen molar-refractivity contribution >= 4 is 60.3 Å². The van der Waals surface area contributed by atoms with Gasteiger partial charge in [0.05, 0.1) is 0 Å². The first-order chi connectivity index (χ1) is 31.7. The molecule has 0 radical (unpaired) electrons. The van der Waals surface area contributed by atoms with E-state index in [4.69, 9.17) is 4.42 Å². The Hall–Kier alpha value is -8.46. The summed E-state index contributed by atoms with van der Waals surface area (Å²) in [6.45, 7) is 0. The number of nitrogens with zero attached hydrogens (tertiary/aromatic N) is 1. The number of para-hydroxylation sites is 1. The van der Waals surface area contributed by atoms with Crippen LogP contribution in [0.2, 0.25) is 0 Å². The van der Waals surface area contributed by atoms with Gasteiger partial charge in [-0.25, -0.2) is 0 Å². The van der Waals surface area contributed by atoms with Gasteiger partial charge in [-0.2, -0.15) is 0 Å². The molecule has 0 fully saturated rings. The number of hydrogen-bond acceptors (Lipinski definition) is 2. The second kappa shape index (κ2) is 15.8. The molecule has 300 valence electrons. The van der Waals surface area contributed by atoms with E-state index in [0.29, 0.717) is 0 Å². The van der Waals surface area contributed by atoms with Crippen LogP contribution in [0.3, 0.4) is 0 Å². The van der Waals surface area contributed by atoms with Gasteiger partial charge in [0.25, 0.3) is 0 Å². The second-order valence-corrected chi connectivity index (χ2v) is 16.5. The normalized spacial score (nSPS) is 11.4. The van der Waals surface area contributed by atoms with Crippen LogP contribution in [-0.4, -0.2) is 0 Å². The molecule has 0 spiro atoms. The fourth-order valence-electron chi connectivity index (χ4n) is 9.35. The summed E-state index contributed by atoms with van der Waals surface area (Å²) in [5.74, 6) is 0.876. The maximum atomic E-state index is 6.23. The molecule has 64 heavy (non-hydrogen) atoms. The van der Waals surface area contributed by atoms with Crippen molar-refractivity contribution in [2.45, 2.75) is 0 Å². The minimum absolute atomic E-state index is 0.876. The molecule has 0 aliphatic rings. The van der Waals surface area contributed by atoms with Crippen LogP contribution < -0.4 is 4.90 Å². The molecule has 2 nitrogen and oxygen atoms in total. The van der Waals surface area contributed by atoms with Crippen LogP contribution >= 0.6 is 0 Å². The summed E-state index contributed by atoms with van der Waals surface area (Å²) in [5.41, 5.74) is 14.8. The largest absolute Gasteiger partial charge is 0.456 e. The average molecular weight is 816 g/mol. The lowest BCUT2D eigenvalue weighted by atomic mass is 9.93. The van der Waals surface area contributed by atoms with E-state index in [0.717, 1.165) is 44.9 Å². The Kier molecular flexibility index (Phi) is 9.20. The Balaban J connectivity index is 0.911. The monoisotopic (exact) mass is 815 g/mol. The fourth-order valence-corrected chi connectivity index (χ4v) is 9.35. The van der Waals surface area contributed by atoms with Gasteiger partial charge in [0.2, 0.25) is 0 Å². The van der Waals surface area contributed by atoms with E-state index in [1.807, 2.05) is 18.2 Å². The van der Waals surface area contributed by atoms with Gasteiger partial charge in [0.15, 0.2) is 0 Å². The summed E-state index contributed by atoms with van der Waals surface area (Å²) >= 11 is 0. The van der Waals surface area contributed by atoms with Crippen LogP contribution in [0, 0.1) is 0 Å². The molecular weight excluding hydrogens is 775 g/mol. The van der Waals surface area contributed by atoms with Crippen molar-refractivity contribution in [3.05, 3.63) is 249 Å². The van der Waals surface area contributed by atoms with Gasteiger partial charge in [-0.3, -0.25) is 0 Å². The molecule has 0 aliphatic heterocycles. The highest BCUT2D eigenvalue weighted by Gasteiger charge is 2.16. The lowest BCUT2D eigenvalue weighted by Gasteiger charge is -2.26. The summed E-state index contributed by atoms with van der Waals surface area (Å²) in [7, 11) is 0. The fraction of sp³-hybridized carbons (Fsp3) is 0. The predicted molar refractivity (Wildman–Crippen MR) is 271 cm³/mol. The lowest BCUT2D eigenvalue weighted by molar-refractivity contribution is 0.631. The smallest absolute Gasteiger partial charge is 0.135 e. The Labute approximate surface area is 372 Å². The molecule has 0 saturated heterocycles. The van der Waals surface area contributed by atoms with E-state index in [1.54, 1.807) is 0 Å². The van der Waals surface area contributed by atoms with Crippen molar-refractivity contribution < 1.29 is 4.42 Å². The highest BCUT2D eigenvalue weighted by molar-refractivity contribution is 6.13. The third kappa shape index (κ3) is 6.88. The van der Waals surface area contributed by atoms with Crippen molar-refractivity contribution in [2.24, 2.45) is 0 Å². The molecular formula is C62H41NO. The number of fused-ring (bicyclic) bond motifs is 5. The van der Waals surface area contributed by atoms with Crippen LogP contribution in [-0.2, 0) is 0 Å². The Morgan fingerprint density at radius 2 is 0.750 bits per heavy atom. The van der Waals surface area contributed by atoms with Crippen molar-refractivity contribution in [2.75, 3.05) is 4.90 Å². The van der Waals surface area contributed by atoms with Crippen LogP contribution in [0.25, 0.3) is 99.1 Å². The van der Waals surface area contributed by atoms with Crippen LogP contribution in [0.15, 0.2) is 253 Å². The number of rotatable bonds is 8. The molecule has 2 heteroatoms. The third-order valence-corrected chi connectivity index (χ3v) is 12.6. The minimum atomic E-state index is 0.876. The van der Waals surface area contributed by atoms with Gasteiger partial charge in [-0.15, -0.1) is 0 Å². The van der Waals surface area contributed by atoms with Gasteiger partial charge < -0.3 is 9.32 Å². The first-order valence-corrected chi connectivity index (χ1v) is 21.9. The van der Waals surface area contributed by atoms with Crippen molar-refractivity contribution in [3.8, 4) is 55.8 Å².